The van der Waals surface area contributed by atoms with E-state index in [0.29, 0.717) is 20.3 Å². The Labute approximate surface area is 238 Å². The van der Waals surface area contributed by atoms with Crippen LogP contribution in [0.15, 0.2) is 53.8 Å². The van der Waals surface area contributed by atoms with Crippen molar-refractivity contribution in [3.63, 3.8) is 0 Å². The number of anilines is 1. The third-order valence-electron chi connectivity index (χ3n) is 5.86. The molecule has 11 nitrogen and oxygen atoms in total. The molecule has 1 unspecified atom stereocenters. The molecule has 4 rings (SSSR count). The topological polar surface area (TPSA) is 142 Å². The molecule has 0 radical (unpaired) electrons. The first kappa shape index (κ1) is 29.3. The number of carbonyl (C=O) groups excluding carboxylic acids is 2. The number of nitrogens with zero attached hydrogens (tertiary/aromatic N) is 5. The predicted molar refractivity (Wildman–Crippen MR) is 155 cm³/mol. The normalized spacial score (nSPS) is 14.1. The summed E-state index contributed by atoms with van der Waals surface area (Å²) in [7, 11) is 1.49. The van der Waals surface area contributed by atoms with Crippen molar-refractivity contribution in [2.24, 2.45) is 4.99 Å². The average molecular weight is 664 g/mol. The van der Waals surface area contributed by atoms with Crippen LogP contribution >= 0.6 is 19.8 Å². The van der Waals surface area contributed by atoms with Crippen molar-refractivity contribution < 1.29 is 28.2 Å². The summed E-state index contributed by atoms with van der Waals surface area (Å²) in [4.78, 5) is 44.3. The maximum absolute atomic E-state index is 14.3. The van der Waals surface area contributed by atoms with E-state index in [4.69, 9.17) is 24.9 Å². The number of aliphatic imine (C=N–C) groups is 1. The van der Waals surface area contributed by atoms with E-state index in [-0.39, 0.29) is 43.0 Å². The van der Waals surface area contributed by atoms with Crippen molar-refractivity contribution in [1.29, 1.82) is 0 Å². The monoisotopic (exact) mass is 664 g/mol. The van der Waals surface area contributed by atoms with Crippen LogP contribution in [-0.2, 0) is 18.7 Å². The molecule has 1 amide bonds. The maximum atomic E-state index is 14.3. The van der Waals surface area contributed by atoms with Crippen LogP contribution in [0.4, 0.5) is 15.0 Å². The number of hydrogen-bond donors (Lipinski definition) is 1. The van der Waals surface area contributed by atoms with Gasteiger partial charge in [-0.2, -0.15) is 0 Å². The van der Waals surface area contributed by atoms with Crippen LogP contribution in [0.3, 0.4) is 0 Å². The standard InChI is InChI=1S/C27H30FIN6O5/c1-4-39-22(36)14-35(17(2)15-38-3)27(37)40-21-13-32-26(34-25(21)30)23-19-9-7-11-31-24(19)29(16-33-23)12-18-8-5-6-10-20(18)28/h5-11,13,17H,4,12,14-16H2,1-3H3,(H2,30,32,34). The van der Waals surface area contributed by atoms with Crippen molar-refractivity contribution in [2.45, 2.75) is 24.3 Å². The van der Waals surface area contributed by atoms with Gasteiger partial charge in [0.15, 0.2) is 0 Å². The minimum Gasteiger partial charge on any atom is -0.383 e. The molecule has 1 aromatic carbocycles. The second-order valence-corrected chi connectivity index (χ2v) is 13.8. The molecular weight excluding hydrogens is 634 g/mol. The molecule has 1 aliphatic rings. The van der Waals surface area contributed by atoms with Crippen molar-refractivity contribution in [3.05, 3.63) is 75.3 Å². The number of rotatable bonds is 10. The Hall–Kier alpha value is -3.72. The van der Waals surface area contributed by atoms with E-state index in [1.54, 1.807) is 38.2 Å². The van der Waals surface area contributed by atoms with E-state index in [1.807, 2.05) is 12.1 Å². The van der Waals surface area contributed by atoms with Crippen LogP contribution in [0.1, 0.15) is 30.8 Å². The minimum atomic E-state index is -1.99. The fourth-order valence-electron chi connectivity index (χ4n) is 3.93. The second kappa shape index (κ2) is 13.6. The van der Waals surface area contributed by atoms with Crippen molar-refractivity contribution in [1.82, 2.24) is 19.9 Å². The number of amides is 1. The molecule has 212 valence electrons. The minimum absolute atomic E-state index is 0.0666. The summed E-state index contributed by atoms with van der Waals surface area (Å²) in [6, 6.07) is 9.97. The van der Waals surface area contributed by atoms with E-state index >= 15 is 0 Å². The third-order valence-corrected chi connectivity index (χ3v) is 11.1. The summed E-state index contributed by atoms with van der Waals surface area (Å²) < 4.78 is 31.9. The molecule has 1 aliphatic heterocycles. The molecule has 40 heavy (non-hydrogen) atoms. The summed E-state index contributed by atoms with van der Waals surface area (Å²) in [5.74, 6) is -0.700. The fourth-order valence-corrected chi connectivity index (χ4v) is 9.03. The van der Waals surface area contributed by atoms with Gasteiger partial charge >= 0.3 is 204 Å². The Morgan fingerprint density at radius 1 is 1.20 bits per heavy atom. The van der Waals surface area contributed by atoms with Crippen LogP contribution < -0.4 is 10.5 Å². The number of hydrogen-bond acceptors (Lipinski definition) is 10. The second-order valence-electron chi connectivity index (χ2n) is 8.70. The molecule has 3 aromatic rings. The van der Waals surface area contributed by atoms with Crippen LogP contribution in [0.5, 0.6) is 5.75 Å². The number of nitrogen functional groups attached to an aromatic ring is 1. The smallest absolute Gasteiger partial charge is 0.383 e. The summed E-state index contributed by atoms with van der Waals surface area (Å²) in [6.45, 7) is 3.42. The first-order valence-electron chi connectivity index (χ1n) is 12.4. The Kier molecular flexibility index (Phi) is 9.93. The molecule has 0 bridgehead atoms. The van der Waals surface area contributed by atoms with E-state index in [0.717, 1.165) is 9.26 Å². The van der Waals surface area contributed by atoms with Gasteiger partial charge in [-0.3, -0.25) is 4.79 Å². The molecule has 0 spiro atoms. The van der Waals surface area contributed by atoms with Gasteiger partial charge in [0.05, 0.1) is 6.61 Å². The van der Waals surface area contributed by atoms with Gasteiger partial charge in [0.25, 0.3) is 0 Å². The number of carbonyl (C=O) groups is 2. The Morgan fingerprint density at radius 2 is 2.00 bits per heavy atom. The van der Waals surface area contributed by atoms with E-state index in [9.17, 15) is 14.0 Å². The number of halogens is 2. The molecule has 2 N–H and O–H groups in total. The van der Waals surface area contributed by atoms with Crippen LogP contribution in [0.25, 0.3) is 0 Å². The number of ether oxygens (including phenoxy) is 3. The molecule has 13 heteroatoms. The number of nitrogens with two attached hydrogens (primary N) is 1. The SMILES string of the molecule is CCOC(=O)CN(C(=O)Oc1cnc(C2=NCI(Cc3ccccc3F)c3ncccc32)nc1N)C(C)COC. The summed E-state index contributed by atoms with van der Waals surface area (Å²) in [6.07, 6.45) is 2.19. The zero-order valence-electron chi connectivity index (χ0n) is 22.3. The molecule has 0 fully saturated rings. The summed E-state index contributed by atoms with van der Waals surface area (Å²) >= 11 is -1.99. The Balaban J connectivity index is 1.54. The van der Waals surface area contributed by atoms with Crippen molar-refractivity contribution >= 4 is 43.4 Å². The molecule has 2 aromatic heterocycles. The van der Waals surface area contributed by atoms with Crippen LogP contribution in [0.2, 0.25) is 0 Å². The van der Waals surface area contributed by atoms with Gasteiger partial charge in [0.2, 0.25) is 0 Å². The first-order chi connectivity index (χ1) is 19.3. The van der Waals surface area contributed by atoms with Gasteiger partial charge in [-0.05, 0) is 6.92 Å². The summed E-state index contributed by atoms with van der Waals surface area (Å²) in [5, 5.41) is 0. The number of pyridine rings is 1. The van der Waals surface area contributed by atoms with Crippen molar-refractivity contribution in [3.8, 4) is 5.75 Å². The number of fused-ring (bicyclic) bond motifs is 1. The number of alkyl halides is 2. The van der Waals surface area contributed by atoms with Gasteiger partial charge in [0.1, 0.15) is 0 Å². The average Bonchev–Trinajstić information content (AvgIpc) is 2.94. The number of methoxy groups -OCH3 is 1. The van der Waals surface area contributed by atoms with E-state index in [1.165, 1.54) is 24.3 Å². The molecule has 3 heterocycles. The van der Waals surface area contributed by atoms with Gasteiger partial charge in [0, 0.05) is 7.11 Å². The predicted octanol–water partition coefficient (Wildman–Crippen LogP) is 3.68. The van der Waals surface area contributed by atoms with Gasteiger partial charge in [-0.1, -0.05) is 0 Å². The van der Waals surface area contributed by atoms with E-state index in [2.05, 4.69) is 15.0 Å². The number of benzene rings is 1. The molecule has 0 aliphatic carbocycles. The van der Waals surface area contributed by atoms with Gasteiger partial charge < -0.3 is 9.47 Å². The third kappa shape index (κ3) is 6.88. The first-order valence-corrected chi connectivity index (χ1v) is 16.6. The van der Waals surface area contributed by atoms with Crippen LogP contribution in [-0.4, -0.2) is 75.1 Å². The number of esters is 1. The Bertz CT molecular complexity index is 1410. The molecular formula is C27H30FIN6O5. The van der Waals surface area contributed by atoms with Gasteiger partial charge in [-0.25, -0.2) is 0 Å². The fraction of sp³-hybridized carbons (Fsp3) is 0.333. The van der Waals surface area contributed by atoms with E-state index < -0.39 is 37.9 Å². The van der Waals surface area contributed by atoms with Crippen molar-refractivity contribution in [2.75, 3.05) is 37.2 Å². The molecule has 0 saturated heterocycles. The molecule has 0 saturated carbocycles. The quantitative estimate of drug-likeness (QED) is 0.113. The zero-order chi connectivity index (χ0) is 28.6. The summed E-state index contributed by atoms with van der Waals surface area (Å²) in [5.41, 5.74) is 8.13. The van der Waals surface area contributed by atoms with Gasteiger partial charge in [-0.15, -0.1) is 0 Å². The van der Waals surface area contributed by atoms with Crippen LogP contribution in [0, 0.1) is 9.52 Å². The zero-order valence-corrected chi connectivity index (χ0v) is 24.5. The number of aromatic nitrogens is 3. The Morgan fingerprint density at radius 3 is 2.73 bits per heavy atom. The molecule has 1 atom stereocenters.